The molecular weight excluding hydrogens is 444 g/mol. The molecule has 0 spiro atoms. The summed E-state index contributed by atoms with van der Waals surface area (Å²) in [5.41, 5.74) is 1.50. The van der Waals surface area contributed by atoms with Crippen molar-refractivity contribution in [3.8, 4) is 23.0 Å². The van der Waals surface area contributed by atoms with Gasteiger partial charge in [-0.15, -0.1) is 0 Å². The molecule has 0 bridgehead atoms. The van der Waals surface area contributed by atoms with Gasteiger partial charge in [0.05, 0.1) is 10.2 Å². The lowest BCUT2D eigenvalue weighted by atomic mass is 10.2. The van der Waals surface area contributed by atoms with Crippen molar-refractivity contribution in [2.24, 2.45) is 4.99 Å². The number of thiazole rings is 1. The Morgan fingerprint density at radius 1 is 1.06 bits per heavy atom. The Morgan fingerprint density at radius 2 is 1.78 bits per heavy atom. The standard InChI is InChI=1S/C24H20N2O4S2/c1-31-12-11-26-19-13-20-21(29-15-28-20)14-22(19)32-24(26)25-23(27)16-7-9-18(10-8-16)30-17-5-3-2-4-6-17/h2-10,13-14H,11-12,15H2,1H3. The number of fused-ring (bicyclic) bond motifs is 2. The number of carbonyl (C=O) groups excluding carboxylic acids is 1. The number of nitrogens with zero attached hydrogens (tertiary/aromatic N) is 2. The van der Waals surface area contributed by atoms with E-state index in [1.165, 1.54) is 11.3 Å². The summed E-state index contributed by atoms with van der Waals surface area (Å²) in [6.45, 7) is 0.980. The van der Waals surface area contributed by atoms with Gasteiger partial charge in [-0.2, -0.15) is 16.8 Å². The first kappa shape index (κ1) is 20.7. The van der Waals surface area contributed by atoms with E-state index in [1.807, 2.05) is 42.5 Å². The highest BCUT2D eigenvalue weighted by Gasteiger charge is 2.18. The highest BCUT2D eigenvalue weighted by molar-refractivity contribution is 7.98. The van der Waals surface area contributed by atoms with E-state index < -0.39 is 0 Å². The number of aryl methyl sites for hydroxylation is 1. The van der Waals surface area contributed by atoms with Crippen molar-refractivity contribution in [2.45, 2.75) is 6.54 Å². The molecule has 1 aliphatic heterocycles. The Kier molecular flexibility index (Phi) is 5.87. The number of hydrogen-bond donors (Lipinski definition) is 0. The molecule has 32 heavy (non-hydrogen) atoms. The molecule has 0 N–H and O–H groups in total. The SMILES string of the molecule is CSCCn1c(=NC(=O)c2ccc(Oc3ccccc3)cc2)sc2cc3c(cc21)OCO3. The Bertz CT molecular complexity index is 1330. The highest BCUT2D eigenvalue weighted by Crippen LogP contribution is 2.37. The number of carbonyl (C=O) groups is 1. The maximum Gasteiger partial charge on any atom is 0.279 e. The second kappa shape index (κ2) is 9.10. The van der Waals surface area contributed by atoms with Crippen LogP contribution < -0.4 is 19.0 Å². The van der Waals surface area contributed by atoms with Gasteiger partial charge in [0.15, 0.2) is 16.3 Å². The molecule has 0 aliphatic carbocycles. The lowest BCUT2D eigenvalue weighted by Crippen LogP contribution is -2.18. The fourth-order valence-electron chi connectivity index (χ4n) is 3.39. The van der Waals surface area contributed by atoms with Gasteiger partial charge in [-0.05, 0) is 42.7 Å². The lowest BCUT2D eigenvalue weighted by molar-refractivity contribution is 0.0998. The first-order chi connectivity index (χ1) is 15.7. The van der Waals surface area contributed by atoms with Crippen LogP contribution >= 0.6 is 23.1 Å². The van der Waals surface area contributed by atoms with Crippen LogP contribution in [-0.2, 0) is 6.54 Å². The van der Waals surface area contributed by atoms with Gasteiger partial charge in [-0.3, -0.25) is 4.79 Å². The summed E-state index contributed by atoms with van der Waals surface area (Å²) in [4.78, 5) is 18.0. The maximum atomic E-state index is 12.9. The fourth-order valence-corrected chi connectivity index (χ4v) is 4.82. The second-order valence-electron chi connectivity index (χ2n) is 7.06. The predicted molar refractivity (Wildman–Crippen MR) is 127 cm³/mol. The van der Waals surface area contributed by atoms with E-state index in [1.54, 1.807) is 36.0 Å². The van der Waals surface area contributed by atoms with Crippen LogP contribution in [0.15, 0.2) is 71.7 Å². The molecule has 1 aliphatic rings. The quantitative estimate of drug-likeness (QED) is 0.386. The topological polar surface area (TPSA) is 62.1 Å². The summed E-state index contributed by atoms with van der Waals surface area (Å²) in [6, 6.07) is 20.5. The second-order valence-corrected chi connectivity index (χ2v) is 9.05. The van der Waals surface area contributed by atoms with Crippen molar-refractivity contribution >= 4 is 39.2 Å². The first-order valence-corrected chi connectivity index (χ1v) is 12.3. The lowest BCUT2D eigenvalue weighted by Gasteiger charge is -2.06. The molecule has 0 atom stereocenters. The zero-order valence-corrected chi connectivity index (χ0v) is 18.9. The molecule has 5 rings (SSSR count). The van der Waals surface area contributed by atoms with Gasteiger partial charge in [0.25, 0.3) is 5.91 Å². The number of ether oxygens (including phenoxy) is 3. The van der Waals surface area contributed by atoms with Gasteiger partial charge in [-0.25, -0.2) is 0 Å². The maximum absolute atomic E-state index is 12.9. The molecule has 3 aromatic carbocycles. The van der Waals surface area contributed by atoms with E-state index >= 15 is 0 Å². The summed E-state index contributed by atoms with van der Waals surface area (Å²) < 4.78 is 19.9. The van der Waals surface area contributed by atoms with Gasteiger partial charge in [0.1, 0.15) is 11.5 Å². The summed E-state index contributed by atoms with van der Waals surface area (Å²) in [7, 11) is 0. The van der Waals surface area contributed by atoms with E-state index in [9.17, 15) is 4.79 Å². The third kappa shape index (κ3) is 4.24. The largest absolute Gasteiger partial charge is 0.457 e. The van der Waals surface area contributed by atoms with Crippen molar-refractivity contribution in [1.82, 2.24) is 4.57 Å². The monoisotopic (exact) mass is 464 g/mol. The Balaban J connectivity index is 1.45. The number of para-hydroxylation sites is 1. The first-order valence-electron chi connectivity index (χ1n) is 10.1. The normalized spacial score (nSPS) is 13.0. The molecule has 0 unspecified atom stereocenters. The van der Waals surface area contributed by atoms with Crippen LogP contribution in [0.2, 0.25) is 0 Å². The zero-order chi connectivity index (χ0) is 21.9. The number of benzene rings is 3. The average Bonchev–Trinajstić information content (AvgIpc) is 3.40. The van der Waals surface area contributed by atoms with Gasteiger partial charge < -0.3 is 18.8 Å². The molecule has 2 heterocycles. The molecule has 0 radical (unpaired) electrons. The molecule has 0 saturated carbocycles. The molecule has 1 aromatic heterocycles. The van der Waals surface area contributed by atoms with Crippen molar-refractivity contribution in [2.75, 3.05) is 18.8 Å². The van der Waals surface area contributed by atoms with Gasteiger partial charge in [0.2, 0.25) is 6.79 Å². The minimum absolute atomic E-state index is 0.233. The van der Waals surface area contributed by atoms with Crippen molar-refractivity contribution < 1.29 is 19.0 Å². The van der Waals surface area contributed by atoms with Gasteiger partial charge >= 0.3 is 0 Å². The van der Waals surface area contributed by atoms with Crippen LogP contribution in [-0.4, -0.2) is 29.3 Å². The van der Waals surface area contributed by atoms with Gasteiger partial charge in [-0.1, -0.05) is 29.5 Å². The minimum Gasteiger partial charge on any atom is -0.457 e. The van der Waals surface area contributed by atoms with Crippen LogP contribution in [0, 0.1) is 0 Å². The Hall–Kier alpha value is -3.23. The van der Waals surface area contributed by atoms with Crippen molar-refractivity contribution in [3.05, 3.63) is 77.1 Å². The molecular formula is C24H20N2O4S2. The molecule has 6 nitrogen and oxygen atoms in total. The van der Waals surface area contributed by atoms with Crippen molar-refractivity contribution in [3.63, 3.8) is 0 Å². The predicted octanol–water partition coefficient (Wildman–Crippen LogP) is 5.33. The summed E-state index contributed by atoms with van der Waals surface area (Å²) in [5, 5.41) is 0. The van der Waals surface area contributed by atoms with E-state index in [-0.39, 0.29) is 12.7 Å². The summed E-state index contributed by atoms with van der Waals surface area (Å²) >= 11 is 3.22. The third-order valence-electron chi connectivity index (χ3n) is 4.97. The molecule has 0 saturated heterocycles. The van der Waals surface area contributed by atoms with Crippen LogP contribution in [0.4, 0.5) is 0 Å². The van der Waals surface area contributed by atoms with Crippen molar-refractivity contribution in [1.29, 1.82) is 0 Å². The molecule has 162 valence electrons. The van der Waals surface area contributed by atoms with E-state index in [0.29, 0.717) is 16.1 Å². The van der Waals surface area contributed by atoms with Crippen LogP contribution in [0.3, 0.4) is 0 Å². The summed E-state index contributed by atoms with van der Waals surface area (Å²) in [6.07, 6.45) is 2.06. The van der Waals surface area contributed by atoms with Crippen LogP contribution in [0.1, 0.15) is 10.4 Å². The average molecular weight is 465 g/mol. The zero-order valence-electron chi connectivity index (χ0n) is 17.3. The van der Waals surface area contributed by atoms with E-state index in [0.717, 1.165) is 39.8 Å². The molecule has 8 heteroatoms. The van der Waals surface area contributed by atoms with E-state index in [4.69, 9.17) is 14.2 Å². The number of hydrogen-bond acceptors (Lipinski definition) is 6. The molecule has 1 amide bonds. The molecule has 0 fully saturated rings. The number of amides is 1. The van der Waals surface area contributed by atoms with Gasteiger partial charge in [0, 0.05) is 30.0 Å². The smallest absolute Gasteiger partial charge is 0.279 e. The minimum atomic E-state index is -0.291. The number of thioether (sulfide) groups is 1. The van der Waals surface area contributed by atoms with Crippen LogP contribution in [0.5, 0.6) is 23.0 Å². The highest BCUT2D eigenvalue weighted by atomic mass is 32.2. The number of rotatable bonds is 6. The third-order valence-corrected chi connectivity index (χ3v) is 6.61. The van der Waals surface area contributed by atoms with E-state index in [2.05, 4.69) is 15.8 Å². The fraction of sp³-hybridized carbons (Fsp3) is 0.167. The molecule has 4 aromatic rings. The summed E-state index contributed by atoms with van der Waals surface area (Å²) in [5.74, 6) is 3.48. The number of aromatic nitrogens is 1. The van der Waals surface area contributed by atoms with Crippen LogP contribution in [0.25, 0.3) is 10.2 Å². The Labute approximate surface area is 193 Å². The Morgan fingerprint density at radius 3 is 2.53 bits per heavy atom.